The Balaban J connectivity index is 1.98. The van der Waals surface area contributed by atoms with Crippen molar-refractivity contribution in [2.45, 2.75) is 6.04 Å². The van der Waals surface area contributed by atoms with E-state index in [9.17, 15) is 14.7 Å². The molecule has 0 saturated carbocycles. The molecule has 0 saturated heterocycles. The minimum atomic E-state index is -1.02. The van der Waals surface area contributed by atoms with Gasteiger partial charge in [-0.25, -0.2) is 4.98 Å². The molecule has 0 aliphatic rings. The summed E-state index contributed by atoms with van der Waals surface area (Å²) in [5.74, 6) is -0.925. The van der Waals surface area contributed by atoms with Gasteiger partial charge in [0.25, 0.3) is 11.8 Å². The smallest absolute Gasteiger partial charge is 0.251 e. The van der Waals surface area contributed by atoms with Crippen LogP contribution < -0.4 is 10.6 Å². The first kappa shape index (κ1) is 14.2. The van der Waals surface area contributed by atoms with Gasteiger partial charge in [0.2, 0.25) is 0 Å². The predicted octanol–water partition coefficient (Wildman–Crippen LogP) is 0.873. The van der Waals surface area contributed by atoms with Gasteiger partial charge in [-0.15, -0.1) is 11.3 Å². The van der Waals surface area contributed by atoms with Gasteiger partial charge in [-0.2, -0.15) is 0 Å². The van der Waals surface area contributed by atoms with Crippen LogP contribution >= 0.6 is 11.3 Å². The van der Waals surface area contributed by atoms with Crippen LogP contribution in [-0.4, -0.2) is 34.6 Å². The standard InChI is InChI=1S/C13H13N3O3S/c17-8-10(12(19)16-13-14-6-7-20-13)15-11(18)9-4-2-1-3-5-9/h1-7,10,17H,8H2,(H,15,18)(H,14,16,19)/t10-/m0/s1. The van der Waals surface area contributed by atoms with Crippen LogP contribution in [0.1, 0.15) is 10.4 Å². The zero-order valence-corrected chi connectivity index (χ0v) is 11.3. The average molecular weight is 291 g/mol. The molecule has 0 aliphatic heterocycles. The molecule has 0 bridgehead atoms. The van der Waals surface area contributed by atoms with Crippen molar-refractivity contribution in [3.63, 3.8) is 0 Å². The van der Waals surface area contributed by atoms with Crippen LogP contribution in [0.3, 0.4) is 0 Å². The van der Waals surface area contributed by atoms with Gasteiger partial charge in [-0.3, -0.25) is 9.59 Å². The van der Waals surface area contributed by atoms with E-state index in [1.165, 1.54) is 11.3 Å². The lowest BCUT2D eigenvalue weighted by atomic mass is 10.2. The van der Waals surface area contributed by atoms with E-state index in [4.69, 9.17) is 0 Å². The van der Waals surface area contributed by atoms with E-state index in [1.807, 2.05) is 0 Å². The summed E-state index contributed by atoms with van der Waals surface area (Å²) < 4.78 is 0. The summed E-state index contributed by atoms with van der Waals surface area (Å²) in [6, 6.07) is 7.46. The van der Waals surface area contributed by atoms with Gasteiger partial charge in [0, 0.05) is 17.1 Å². The number of anilines is 1. The fraction of sp³-hybridized carbons (Fsp3) is 0.154. The molecule has 0 fully saturated rings. The highest BCUT2D eigenvalue weighted by molar-refractivity contribution is 7.13. The van der Waals surface area contributed by atoms with Gasteiger partial charge in [-0.05, 0) is 12.1 Å². The Morgan fingerprint density at radius 3 is 2.65 bits per heavy atom. The average Bonchev–Trinajstić information content (AvgIpc) is 2.98. The van der Waals surface area contributed by atoms with Gasteiger partial charge >= 0.3 is 0 Å². The number of hydrogen-bond donors (Lipinski definition) is 3. The molecule has 3 N–H and O–H groups in total. The van der Waals surface area contributed by atoms with Crippen LogP contribution in [0.2, 0.25) is 0 Å². The van der Waals surface area contributed by atoms with Crippen molar-refractivity contribution < 1.29 is 14.7 Å². The second-order valence-electron chi connectivity index (χ2n) is 3.90. The summed E-state index contributed by atoms with van der Waals surface area (Å²) in [4.78, 5) is 27.7. The highest BCUT2D eigenvalue weighted by atomic mass is 32.1. The topological polar surface area (TPSA) is 91.3 Å². The third kappa shape index (κ3) is 3.62. The zero-order valence-electron chi connectivity index (χ0n) is 10.4. The van der Waals surface area contributed by atoms with Crippen LogP contribution in [0, 0.1) is 0 Å². The minimum absolute atomic E-state index is 0.418. The Hall–Kier alpha value is -2.25. The lowest BCUT2D eigenvalue weighted by Gasteiger charge is -2.15. The Morgan fingerprint density at radius 1 is 1.30 bits per heavy atom. The van der Waals surface area contributed by atoms with E-state index >= 15 is 0 Å². The zero-order chi connectivity index (χ0) is 14.4. The Bertz CT molecular complexity index is 572. The number of aliphatic hydroxyl groups is 1. The molecule has 2 amide bonds. The summed E-state index contributed by atoms with van der Waals surface area (Å²) in [6.07, 6.45) is 1.55. The van der Waals surface area contributed by atoms with Crippen molar-refractivity contribution in [2.24, 2.45) is 0 Å². The number of carbonyl (C=O) groups is 2. The first-order valence-electron chi connectivity index (χ1n) is 5.88. The monoisotopic (exact) mass is 291 g/mol. The lowest BCUT2D eigenvalue weighted by molar-refractivity contribution is -0.118. The number of amides is 2. The van der Waals surface area contributed by atoms with E-state index in [2.05, 4.69) is 15.6 Å². The number of nitrogens with zero attached hydrogens (tertiary/aromatic N) is 1. The molecular formula is C13H13N3O3S. The number of aromatic nitrogens is 1. The van der Waals surface area contributed by atoms with Crippen molar-refractivity contribution >= 4 is 28.3 Å². The molecule has 0 spiro atoms. The second-order valence-corrected chi connectivity index (χ2v) is 4.80. The highest BCUT2D eigenvalue weighted by Gasteiger charge is 2.21. The third-order valence-electron chi connectivity index (χ3n) is 2.50. The minimum Gasteiger partial charge on any atom is -0.394 e. The molecule has 2 aromatic rings. The molecule has 1 heterocycles. The van der Waals surface area contributed by atoms with Crippen LogP contribution in [-0.2, 0) is 4.79 Å². The first-order valence-corrected chi connectivity index (χ1v) is 6.76. The first-order chi connectivity index (χ1) is 9.70. The van der Waals surface area contributed by atoms with Gasteiger partial charge in [0.1, 0.15) is 6.04 Å². The maximum absolute atomic E-state index is 11.9. The fourth-order valence-corrected chi connectivity index (χ4v) is 2.03. The number of aliphatic hydroxyl groups excluding tert-OH is 1. The van der Waals surface area contributed by atoms with Crippen molar-refractivity contribution in [2.75, 3.05) is 11.9 Å². The second kappa shape index (κ2) is 6.78. The van der Waals surface area contributed by atoms with Crippen molar-refractivity contribution in [1.29, 1.82) is 0 Å². The van der Waals surface area contributed by atoms with Gasteiger partial charge < -0.3 is 15.7 Å². The van der Waals surface area contributed by atoms with E-state index in [0.717, 1.165) is 0 Å². The molecule has 0 radical (unpaired) electrons. The van der Waals surface area contributed by atoms with E-state index < -0.39 is 24.5 Å². The van der Waals surface area contributed by atoms with E-state index in [1.54, 1.807) is 41.9 Å². The van der Waals surface area contributed by atoms with E-state index in [0.29, 0.717) is 10.7 Å². The number of benzene rings is 1. The lowest BCUT2D eigenvalue weighted by Crippen LogP contribution is -2.46. The third-order valence-corrected chi connectivity index (χ3v) is 3.19. The van der Waals surface area contributed by atoms with Gasteiger partial charge in [0.15, 0.2) is 5.13 Å². The van der Waals surface area contributed by atoms with E-state index in [-0.39, 0.29) is 0 Å². The number of thiazole rings is 1. The summed E-state index contributed by atoms with van der Waals surface area (Å²) >= 11 is 1.26. The molecule has 0 aliphatic carbocycles. The molecule has 1 aromatic heterocycles. The maximum atomic E-state index is 11.9. The normalized spacial score (nSPS) is 11.7. The van der Waals surface area contributed by atoms with Crippen LogP contribution in [0.4, 0.5) is 5.13 Å². The Labute approximate surface area is 119 Å². The number of hydrogen-bond acceptors (Lipinski definition) is 5. The molecular weight excluding hydrogens is 278 g/mol. The molecule has 1 aromatic carbocycles. The quantitative estimate of drug-likeness (QED) is 0.762. The van der Waals surface area contributed by atoms with Crippen LogP contribution in [0.15, 0.2) is 41.9 Å². The summed E-state index contributed by atoms with van der Waals surface area (Å²) in [5, 5.41) is 16.4. The molecule has 2 rings (SSSR count). The van der Waals surface area contributed by atoms with Crippen molar-refractivity contribution in [3.05, 3.63) is 47.5 Å². The molecule has 0 unspecified atom stereocenters. The molecule has 20 heavy (non-hydrogen) atoms. The maximum Gasteiger partial charge on any atom is 0.251 e. The van der Waals surface area contributed by atoms with Crippen LogP contribution in [0.5, 0.6) is 0 Å². The fourth-order valence-electron chi connectivity index (χ4n) is 1.50. The number of nitrogens with one attached hydrogen (secondary N) is 2. The number of rotatable bonds is 5. The predicted molar refractivity (Wildman–Crippen MR) is 75.5 cm³/mol. The molecule has 6 nitrogen and oxygen atoms in total. The summed E-state index contributed by atoms with van der Waals surface area (Å²) in [7, 11) is 0. The Kier molecular flexibility index (Phi) is 4.80. The van der Waals surface area contributed by atoms with Crippen molar-refractivity contribution in [1.82, 2.24) is 10.3 Å². The summed E-state index contributed by atoms with van der Waals surface area (Å²) in [6.45, 7) is -0.490. The Morgan fingerprint density at radius 2 is 2.05 bits per heavy atom. The molecule has 1 atom stereocenters. The SMILES string of the molecule is O=C(N[C@@H](CO)C(=O)Nc1nccs1)c1ccccc1. The number of carbonyl (C=O) groups excluding carboxylic acids is 2. The molecule has 104 valence electrons. The summed E-state index contributed by atoms with van der Waals surface area (Å²) in [5.41, 5.74) is 0.424. The van der Waals surface area contributed by atoms with Gasteiger partial charge in [0.05, 0.1) is 6.61 Å². The highest BCUT2D eigenvalue weighted by Crippen LogP contribution is 2.10. The van der Waals surface area contributed by atoms with Gasteiger partial charge in [-0.1, -0.05) is 18.2 Å². The van der Waals surface area contributed by atoms with Crippen molar-refractivity contribution in [3.8, 4) is 0 Å². The largest absolute Gasteiger partial charge is 0.394 e. The molecule has 7 heteroatoms. The van der Waals surface area contributed by atoms with Crippen LogP contribution in [0.25, 0.3) is 0 Å².